The summed E-state index contributed by atoms with van der Waals surface area (Å²) in [5, 5.41) is 3.47. The summed E-state index contributed by atoms with van der Waals surface area (Å²) >= 11 is 0. The highest BCUT2D eigenvalue weighted by Gasteiger charge is 2.33. The predicted molar refractivity (Wildman–Crippen MR) is 396 cm³/mol. The Hall–Kier alpha value is -12.9. The van der Waals surface area contributed by atoms with E-state index in [1.807, 2.05) is 212 Å². The molecule has 0 spiro atoms. The van der Waals surface area contributed by atoms with Crippen molar-refractivity contribution in [1.82, 2.24) is 39.0 Å². The first-order valence-corrected chi connectivity index (χ1v) is 33.2. The Morgan fingerprint density at radius 2 is 0.529 bits per heavy atom. The van der Waals surface area contributed by atoms with Gasteiger partial charge in [0.1, 0.15) is 0 Å². The predicted octanol–water partition coefficient (Wildman–Crippen LogP) is 23.6. The van der Waals surface area contributed by atoms with Gasteiger partial charge < -0.3 is 9.13 Å². The fourth-order valence-electron chi connectivity index (χ4n) is 14.0. The number of hydrogen-bond donors (Lipinski definition) is 0. The molecule has 4 heterocycles. The number of benzene rings is 13. The number of aryl methyl sites for hydroxylation is 2. The number of para-hydroxylation sites is 2. The Morgan fingerprint density at radius 3 is 0.882 bits per heavy atom. The van der Waals surface area contributed by atoms with Crippen molar-refractivity contribution in [2.24, 2.45) is 0 Å². The summed E-state index contributed by atoms with van der Waals surface area (Å²) in [4.78, 5) is 30.9. The van der Waals surface area contributed by atoms with Crippen LogP contribution in [0.1, 0.15) is 22.3 Å². The van der Waals surface area contributed by atoms with Gasteiger partial charge in [-0.05, 0) is 161 Å². The third-order valence-corrected chi connectivity index (χ3v) is 18.7. The number of alkyl halides is 6. The topological polar surface area (TPSA) is 87.2 Å². The monoisotopic (exact) mass is 1340 g/mol. The normalized spacial score (nSPS) is 11.9. The fourth-order valence-corrected chi connectivity index (χ4v) is 14.0. The molecule has 0 aliphatic heterocycles. The molecule has 102 heavy (non-hydrogen) atoms. The van der Waals surface area contributed by atoms with Gasteiger partial charge >= 0.3 is 12.4 Å². The molecule has 0 bridgehead atoms. The van der Waals surface area contributed by atoms with E-state index in [4.69, 9.17) is 29.9 Å². The van der Waals surface area contributed by atoms with E-state index in [-0.39, 0.29) is 0 Å². The third-order valence-electron chi connectivity index (χ3n) is 18.7. The van der Waals surface area contributed by atoms with E-state index in [0.717, 1.165) is 99.5 Å². The first-order valence-electron chi connectivity index (χ1n) is 33.2. The number of hydrogen-bond acceptors (Lipinski definition) is 6. The molecule has 14 heteroatoms. The Labute approximate surface area is 581 Å². The van der Waals surface area contributed by atoms with E-state index >= 15 is 0 Å². The summed E-state index contributed by atoms with van der Waals surface area (Å²) < 4.78 is 91.0. The van der Waals surface area contributed by atoms with Crippen LogP contribution < -0.4 is 0 Å². The molecule has 0 fully saturated rings. The lowest BCUT2D eigenvalue weighted by Crippen LogP contribution is -2.05. The molecule has 0 saturated heterocycles. The van der Waals surface area contributed by atoms with E-state index in [0.29, 0.717) is 79.5 Å². The van der Waals surface area contributed by atoms with Crippen LogP contribution in [-0.2, 0) is 12.4 Å². The summed E-state index contributed by atoms with van der Waals surface area (Å²) in [6.07, 6.45) is -9.08. The van der Waals surface area contributed by atoms with Crippen molar-refractivity contribution in [3.8, 4) is 124 Å². The van der Waals surface area contributed by atoms with Crippen LogP contribution in [0.2, 0.25) is 0 Å². The molecule has 13 aromatic carbocycles. The highest BCUT2D eigenvalue weighted by molar-refractivity contribution is 6.12. The smallest absolute Gasteiger partial charge is 0.309 e. The van der Waals surface area contributed by atoms with Gasteiger partial charge in [-0.15, -0.1) is 0 Å². The largest absolute Gasteiger partial charge is 0.416 e. The maximum atomic E-state index is 14.4. The SMILES string of the molecule is Cc1cc(-c2ccc3c(c2)c2ccccc2n3-c2ccc(-c3nc(-c4ccccc4)nc(-c4ccccc4)n3)cc2-c2cccc(-c3cc(-c4nc(-c5ccccc5)nc(-c5ccccc5)n4)ccc3-n3c4ccccc4c4cc(-c5cc(C)cc(C(F)(F)F)c5)ccc43)c2)cc(C(F)(F)F)c1. The van der Waals surface area contributed by atoms with Gasteiger partial charge in [-0.3, -0.25) is 0 Å². The Kier molecular flexibility index (Phi) is 15.4. The first kappa shape index (κ1) is 62.6. The van der Waals surface area contributed by atoms with Crippen molar-refractivity contribution < 1.29 is 26.3 Å². The number of rotatable bonds is 12. The summed E-state index contributed by atoms with van der Waals surface area (Å²) in [6, 6.07) is 96.1. The lowest BCUT2D eigenvalue weighted by Gasteiger charge is -2.19. The number of nitrogens with zero attached hydrogens (tertiary/aromatic N) is 8. The quantitative estimate of drug-likeness (QED) is 0.113. The molecular formula is C88H56F6N8. The van der Waals surface area contributed by atoms with Gasteiger partial charge in [0.05, 0.1) is 44.6 Å². The van der Waals surface area contributed by atoms with Crippen LogP contribution in [0.3, 0.4) is 0 Å². The van der Waals surface area contributed by atoms with Crippen LogP contribution in [0.4, 0.5) is 26.3 Å². The van der Waals surface area contributed by atoms with Crippen LogP contribution >= 0.6 is 0 Å². The molecule has 8 nitrogen and oxygen atoms in total. The number of aromatic nitrogens is 8. The van der Waals surface area contributed by atoms with Crippen LogP contribution in [-0.4, -0.2) is 39.0 Å². The second-order valence-electron chi connectivity index (χ2n) is 25.5. The molecule has 0 aliphatic rings. The van der Waals surface area contributed by atoms with Crippen molar-refractivity contribution in [2.75, 3.05) is 0 Å². The third kappa shape index (κ3) is 11.7. The second kappa shape index (κ2) is 25.1. The molecule has 0 atom stereocenters. The average molecular weight is 1340 g/mol. The highest BCUT2D eigenvalue weighted by Crippen LogP contribution is 2.45. The van der Waals surface area contributed by atoms with Crippen molar-refractivity contribution in [3.05, 3.63) is 326 Å². The zero-order valence-electron chi connectivity index (χ0n) is 54.7. The van der Waals surface area contributed by atoms with Crippen molar-refractivity contribution in [3.63, 3.8) is 0 Å². The van der Waals surface area contributed by atoms with E-state index < -0.39 is 23.5 Å². The summed E-state index contributed by atoms with van der Waals surface area (Å²) in [7, 11) is 0. The van der Waals surface area contributed by atoms with Crippen LogP contribution in [0.5, 0.6) is 0 Å². The summed E-state index contributed by atoms with van der Waals surface area (Å²) in [5.74, 6) is 2.84. The Balaban J connectivity index is 0.913. The first-order chi connectivity index (χ1) is 49.6. The highest BCUT2D eigenvalue weighted by atomic mass is 19.4. The van der Waals surface area contributed by atoms with Gasteiger partial charge in [0.2, 0.25) is 0 Å². The molecule has 0 amide bonds. The van der Waals surface area contributed by atoms with Crippen molar-refractivity contribution >= 4 is 43.6 Å². The van der Waals surface area contributed by atoms with E-state index in [9.17, 15) is 26.3 Å². The second-order valence-corrected chi connectivity index (χ2v) is 25.5. The fraction of sp³-hybridized carbons (Fsp3) is 0.0455. The molecule has 0 unspecified atom stereocenters. The maximum Gasteiger partial charge on any atom is 0.416 e. The minimum Gasteiger partial charge on any atom is -0.309 e. The van der Waals surface area contributed by atoms with E-state index in [1.54, 1.807) is 26.0 Å². The summed E-state index contributed by atoms with van der Waals surface area (Å²) in [6.45, 7) is 3.35. The molecule has 0 aliphatic carbocycles. The minimum absolute atomic E-state index is 0.435. The van der Waals surface area contributed by atoms with Gasteiger partial charge in [-0.1, -0.05) is 200 Å². The van der Waals surface area contributed by atoms with Crippen LogP contribution in [0.25, 0.3) is 168 Å². The van der Waals surface area contributed by atoms with Crippen molar-refractivity contribution in [2.45, 2.75) is 26.2 Å². The molecule has 490 valence electrons. The van der Waals surface area contributed by atoms with Gasteiger partial charge in [0, 0.05) is 66.1 Å². The van der Waals surface area contributed by atoms with Crippen molar-refractivity contribution in [1.29, 1.82) is 0 Å². The maximum absolute atomic E-state index is 14.4. The molecular weight excluding hydrogens is 1280 g/mol. The molecule has 0 N–H and O–H groups in total. The lowest BCUT2D eigenvalue weighted by atomic mass is 9.94. The average Bonchev–Trinajstić information content (AvgIpc) is 1.57. The molecule has 17 aromatic rings. The molecule has 17 rings (SSSR count). The van der Waals surface area contributed by atoms with Crippen LogP contribution in [0.15, 0.2) is 303 Å². The van der Waals surface area contributed by atoms with E-state index in [1.165, 1.54) is 24.3 Å². The van der Waals surface area contributed by atoms with Gasteiger partial charge in [-0.2, -0.15) is 26.3 Å². The van der Waals surface area contributed by atoms with E-state index in [2.05, 4.69) is 63.7 Å². The summed E-state index contributed by atoms with van der Waals surface area (Å²) in [5.41, 5.74) is 14.5. The Bertz CT molecular complexity index is 5640. The molecule has 4 aromatic heterocycles. The van der Waals surface area contributed by atoms with Gasteiger partial charge in [-0.25, -0.2) is 29.9 Å². The Morgan fingerprint density at radius 1 is 0.225 bits per heavy atom. The standard InChI is InChI=1S/C88H56F6N8/c1-53-42-65(47-67(44-53)87(89,90)91)59-34-38-79-73(49-59)69-30-15-17-32-75(69)101(79)77-40-36-63(85-97-81(55-20-7-3-8-21-55)95-82(98-85)56-22-9-4-10-23-56)51-71(77)61-28-19-29-62(46-61)72-52-64(86-99-83(57-24-11-5-12-25-57)96-84(100-86)58-26-13-6-14-27-58)37-41-78(72)102-76-33-18-16-31-70(76)74-50-60(35-39-80(74)102)66-43-54(2)45-68(48-66)88(92,93)94/h3-52H,1-2H3. The zero-order valence-corrected chi connectivity index (χ0v) is 54.7. The number of halogens is 6. The lowest BCUT2D eigenvalue weighted by molar-refractivity contribution is -0.138. The molecule has 0 radical (unpaired) electrons. The van der Waals surface area contributed by atoms with Gasteiger partial charge in [0.25, 0.3) is 0 Å². The van der Waals surface area contributed by atoms with Gasteiger partial charge in [0.15, 0.2) is 34.9 Å². The number of fused-ring (bicyclic) bond motifs is 6. The molecule has 0 saturated carbocycles. The van der Waals surface area contributed by atoms with Crippen LogP contribution in [0, 0.1) is 13.8 Å². The minimum atomic E-state index is -4.54. The zero-order chi connectivity index (χ0) is 69.4.